The Labute approximate surface area is 147 Å². The number of nitrogens with zero attached hydrogens (tertiary/aromatic N) is 2. The first-order valence-electron chi connectivity index (χ1n) is 8.94. The van der Waals surface area contributed by atoms with E-state index in [-0.39, 0.29) is 11.8 Å². The van der Waals surface area contributed by atoms with E-state index in [9.17, 15) is 9.59 Å². The van der Waals surface area contributed by atoms with Crippen LogP contribution in [0.3, 0.4) is 0 Å². The molecule has 130 valence electrons. The highest BCUT2D eigenvalue weighted by molar-refractivity contribution is 5.95. The predicted molar refractivity (Wildman–Crippen MR) is 95.2 cm³/mol. The van der Waals surface area contributed by atoms with Gasteiger partial charge in [0.05, 0.1) is 0 Å². The SMILES string of the molecule is Cn1cccc1C(=O)N(Cc1ccc(C(=O)NC2CC2)cc1)C1CC1. The normalized spacial score (nSPS) is 16.5. The van der Waals surface area contributed by atoms with Gasteiger partial charge >= 0.3 is 0 Å². The van der Waals surface area contributed by atoms with Gasteiger partial charge in [0.2, 0.25) is 0 Å². The Morgan fingerprint density at radius 2 is 1.84 bits per heavy atom. The van der Waals surface area contributed by atoms with E-state index in [1.807, 2.05) is 59.1 Å². The van der Waals surface area contributed by atoms with Crippen molar-refractivity contribution < 1.29 is 9.59 Å². The van der Waals surface area contributed by atoms with Crippen LogP contribution >= 0.6 is 0 Å². The highest BCUT2D eigenvalue weighted by Gasteiger charge is 2.33. The van der Waals surface area contributed by atoms with Crippen LogP contribution in [-0.4, -0.2) is 33.4 Å². The summed E-state index contributed by atoms with van der Waals surface area (Å²) in [6, 6.07) is 12.1. The third kappa shape index (κ3) is 3.60. The van der Waals surface area contributed by atoms with Gasteiger partial charge < -0.3 is 14.8 Å². The minimum atomic E-state index is -0.00649. The van der Waals surface area contributed by atoms with Crippen LogP contribution < -0.4 is 5.32 Å². The van der Waals surface area contributed by atoms with E-state index in [2.05, 4.69) is 5.32 Å². The second kappa shape index (κ2) is 6.39. The molecule has 2 aromatic rings. The van der Waals surface area contributed by atoms with E-state index in [1.165, 1.54) is 0 Å². The molecule has 2 saturated carbocycles. The maximum absolute atomic E-state index is 12.9. The predicted octanol–water partition coefficient (Wildman–Crippen LogP) is 2.72. The Kier molecular flexibility index (Phi) is 4.07. The summed E-state index contributed by atoms with van der Waals surface area (Å²) in [6.07, 6.45) is 6.20. The van der Waals surface area contributed by atoms with Gasteiger partial charge in [0.15, 0.2) is 0 Å². The van der Waals surface area contributed by atoms with Crippen LogP contribution in [0.5, 0.6) is 0 Å². The van der Waals surface area contributed by atoms with Crippen LogP contribution in [0.2, 0.25) is 0 Å². The molecule has 1 aromatic carbocycles. The number of rotatable bonds is 6. The molecule has 0 atom stereocenters. The summed E-state index contributed by atoms with van der Waals surface area (Å²) in [4.78, 5) is 26.9. The van der Waals surface area contributed by atoms with Crippen molar-refractivity contribution in [2.24, 2.45) is 7.05 Å². The summed E-state index contributed by atoms with van der Waals surface area (Å²) >= 11 is 0. The number of carbonyl (C=O) groups is 2. The largest absolute Gasteiger partial charge is 0.349 e. The first kappa shape index (κ1) is 15.9. The molecule has 2 aliphatic carbocycles. The molecule has 2 aliphatic rings. The van der Waals surface area contributed by atoms with Crippen molar-refractivity contribution in [2.45, 2.75) is 44.3 Å². The monoisotopic (exact) mass is 337 g/mol. The Morgan fingerprint density at radius 1 is 1.12 bits per heavy atom. The summed E-state index contributed by atoms with van der Waals surface area (Å²) in [5, 5.41) is 3.00. The van der Waals surface area contributed by atoms with Gasteiger partial charge in [-0.05, 0) is 55.5 Å². The third-order valence-electron chi connectivity index (χ3n) is 4.89. The Hall–Kier alpha value is -2.56. The number of nitrogens with one attached hydrogen (secondary N) is 1. The van der Waals surface area contributed by atoms with Gasteiger partial charge in [-0.3, -0.25) is 9.59 Å². The van der Waals surface area contributed by atoms with Crippen molar-refractivity contribution >= 4 is 11.8 Å². The zero-order valence-corrected chi connectivity index (χ0v) is 14.4. The van der Waals surface area contributed by atoms with E-state index in [1.54, 1.807) is 0 Å². The lowest BCUT2D eigenvalue weighted by molar-refractivity contribution is 0.0719. The van der Waals surface area contributed by atoms with Crippen molar-refractivity contribution in [1.29, 1.82) is 0 Å². The average Bonchev–Trinajstić information content (AvgIpc) is 3.53. The molecule has 0 spiro atoms. The topological polar surface area (TPSA) is 54.3 Å². The zero-order chi connectivity index (χ0) is 17.4. The molecule has 0 saturated heterocycles. The molecule has 0 radical (unpaired) electrons. The second-order valence-electron chi connectivity index (χ2n) is 7.11. The molecule has 5 heteroatoms. The van der Waals surface area contributed by atoms with Crippen LogP contribution in [-0.2, 0) is 13.6 Å². The van der Waals surface area contributed by atoms with E-state index in [0.29, 0.717) is 29.9 Å². The fourth-order valence-corrected chi connectivity index (χ4v) is 3.04. The Bertz CT molecular complexity index is 786. The molecule has 4 rings (SSSR count). The lowest BCUT2D eigenvalue weighted by Gasteiger charge is -2.23. The maximum Gasteiger partial charge on any atom is 0.271 e. The molecule has 2 amide bonds. The second-order valence-corrected chi connectivity index (χ2v) is 7.11. The maximum atomic E-state index is 12.9. The molecular formula is C20H23N3O2. The highest BCUT2D eigenvalue weighted by atomic mass is 16.2. The Balaban J connectivity index is 1.46. The summed E-state index contributed by atoms with van der Waals surface area (Å²) < 4.78 is 1.86. The average molecular weight is 337 g/mol. The highest BCUT2D eigenvalue weighted by Crippen LogP contribution is 2.30. The van der Waals surface area contributed by atoms with Gasteiger partial charge in [-0.2, -0.15) is 0 Å². The number of aryl methyl sites for hydroxylation is 1. The summed E-state index contributed by atoms with van der Waals surface area (Å²) in [6.45, 7) is 0.583. The standard InChI is InChI=1S/C20H23N3O2/c1-22-12-2-3-18(22)20(25)23(17-10-11-17)13-14-4-6-15(7-5-14)19(24)21-16-8-9-16/h2-7,12,16-17H,8-11,13H2,1H3,(H,21,24). The van der Waals surface area contributed by atoms with Gasteiger partial charge in [-0.15, -0.1) is 0 Å². The summed E-state index contributed by atoms with van der Waals surface area (Å²) in [5.74, 6) is 0.0681. The molecule has 0 aliphatic heterocycles. The number of aromatic nitrogens is 1. The zero-order valence-electron chi connectivity index (χ0n) is 14.4. The summed E-state index contributed by atoms with van der Waals surface area (Å²) in [5.41, 5.74) is 2.45. The van der Waals surface area contributed by atoms with E-state index >= 15 is 0 Å². The quantitative estimate of drug-likeness (QED) is 0.881. The van der Waals surface area contributed by atoms with Crippen LogP contribution in [0.1, 0.15) is 52.1 Å². The van der Waals surface area contributed by atoms with Crippen molar-refractivity contribution in [2.75, 3.05) is 0 Å². The number of carbonyl (C=O) groups excluding carboxylic acids is 2. The van der Waals surface area contributed by atoms with E-state index in [4.69, 9.17) is 0 Å². The van der Waals surface area contributed by atoms with E-state index in [0.717, 1.165) is 31.2 Å². The fourth-order valence-electron chi connectivity index (χ4n) is 3.04. The minimum Gasteiger partial charge on any atom is -0.349 e. The fraction of sp³-hybridized carbons (Fsp3) is 0.400. The van der Waals surface area contributed by atoms with Crippen molar-refractivity contribution in [1.82, 2.24) is 14.8 Å². The van der Waals surface area contributed by atoms with Gasteiger partial charge in [-0.25, -0.2) is 0 Å². The first-order chi connectivity index (χ1) is 12.1. The lowest BCUT2D eigenvalue weighted by Crippen LogP contribution is -2.33. The van der Waals surface area contributed by atoms with Crippen LogP contribution in [0.25, 0.3) is 0 Å². The summed E-state index contributed by atoms with van der Waals surface area (Å²) in [7, 11) is 1.89. The third-order valence-corrected chi connectivity index (χ3v) is 4.89. The van der Waals surface area contributed by atoms with Crippen molar-refractivity contribution in [3.63, 3.8) is 0 Å². The first-order valence-corrected chi connectivity index (χ1v) is 8.94. The van der Waals surface area contributed by atoms with Crippen LogP contribution in [0.15, 0.2) is 42.6 Å². The molecule has 2 fully saturated rings. The van der Waals surface area contributed by atoms with Crippen molar-refractivity contribution in [3.8, 4) is 0 Å². The molecule has 1 heterocycles. The molecule has 1 aromatic heterocycles. The van der Waals surface area contributed by atoms with Crippen LogP contribution in [0, 0.1) is 0 Å². The van der Waals surface area contributed by atoms with Gasteiger partial charge in [0, 0.05) is 37.4 Å². The molecule has 0 bridgehead atoms. The molecule has 5 nitrogen and oxygen atoms in total. The minimum absolute atomic E-state index is 0.00649. The van der Waals surface area contributed by atoms with Crippen molar-refractivity contribution in [3.05, 3.63) is 59.4 Å². The molecule has 25 heavy (non-hydrogen) atoms. The number of hydrogen-bond acceptors (Lipinski definition) is 2. The van der Waals surface area contributed by atoms with E-state index < -0.39 is 0 Å². The molecular weight excluding hydrogens is 314 g/mol. The van der Waals surface area contributed by atoms with Gasteiger partial charge in [0.25, 0.3) is 11.8 Å². The Morgan fingerprint density at radius 3 is 2.40 bits per heavy atom. The van der Waals surface area contributed by atoms with Gasteiger partial charge in [-0.1, -0.05) is 12.1 Å². The number of benzene rings is 1. The number of hydrogen-bond donors (Lipinski definition) is 1. The van der Waals surface area contributed by atoms with Gasteiger partial charge in [0.1, 0.15) is 5.69 Å². The lowest BCUT2D eigenvalue weighted by atomic mass is 10.1. The number of amides is 2. The van der Waals surface area contributed by atoms with Crippen LogP contribution in [0.4, 0.5) is 0 Å². The smallest absolute Gasteiger partial charge is 0.271 e. The molecule has 1 N–H and O–H groups in total. The molecule has 0 unspecified atom stereocenters.